The first-order valence-electron chi connectivity index (χ1n) is 8.95. The van der Waals surface area contributed by atoms with E-state index < -0.39 is 0 Å². The number of nitrogens with zero attached hydrogens (tertiary/aromatic N) is 2. The van der Waals surface area contributed by atoms with Gasteiger partial charge in [-0.3, -0.25) is 4.79 Å². The number of carbonyl (C=O) groups is 1. The lowest BCUT2D eigenvalue weighted by molar-refractivity contribution is 0.0827. The molecule has 132 valence electrons. The number of hydrogen-bond acceptors (Lipinski definition) is 2. The van der Waals surface area contributed by atoms with Gasteiger partial charge >= 0.3 is 0 Å². The van der Waals surface area contributed by atoms with E-state index in [1.54, 1.807) is 19.0 Å². The van der Waals surface area contributed by atoms with Gasteiger partial charge in [-0.15, -0.1) is 0 Å². The van der Waals surface area contributed by atoms with Crippen molar-refractivity contribution in [3.05, 3.63) is 35.4 Å². The van der Waals surface area contributed by atoms with Crippen molar-refractivity contribution in [3.63, 3.8) is 0 Å². The van der Waals surface area contributed by atoms with E-state index in [-0.39, 0.29) is 5.91 Å². The average Bonchev–Trinajstić information content (AvgIpc) is 2.60. The molecule has 2 N–H and O–H groups in total. The van der Waals surface area contributed by atoms with Crippen LogP contribution in [0.5, 0.6) is 0 Å². The molecule has 0 radical (unpaired) electrons. The van der Waals surface area contributed by atoms with Gasteiger partial charge < -0.3 is 15.5 Å². The molecule has 1 saturated carbocycles. The standard InChI is InChI=1S/C19H30N4O/c1-4-20-19(22-17-8-6-5-7-9-17)21-14-15-10-12-16(13-11-15)18(24)23(2)3/h10-13,17H,4-9,14H2,1-3H3,(H2,20,21,22). The fourth-order valence-electron chi connectivity index (χ4n) is 2.94. The van der Waals surface area contributed by atoms with E-state index in [1.807, 2.05) is 24.3 Å². The molecule has 1 fully saturated rings. The van der Waals surface area contributed by atoms with Gasteiger partial charge in [0, 0.05) is 32.2 Å². The molecule has 0 bridgehead atoms. The quantitative estimate of drug-likeness (QED) is 0.645. The Hall–Kier alpha value is -2.04. The van der Waals surface area contributed by atoms with Gasteiger partial charge in [-0.1, -0.05) is 31.4 Å². The normalized spacial score (nSPS) is 15.9. The predicted molar refractivity (Wildman–Crippen MR) is 99.3 cm³/mol. The first kappa shape index (κ1) is 18.3. The lowest BCUT2D eigenvalue weighted by Crippen LogP contribution is -2.44. The Bertz CT molecular complexity index is 545. The van der Waals surface area contributed by atoms with Gasteiger partial charge in [-0.2, -0.15) is 0 Å². The van der Waals surface area contributed by atoms with E-state index in [9.17, 15) is 4.79 Å². The molecule has 0 atom stereocenters. The minimum atomic E-state index is 0.0253. The number of amides is 1. The van der Waals surface area contributed by atoms with Gasteiger partial charge in [-0.25, -0.2) is 4.99 Å². The van der Waals surface area contributed by atoms with E-state index >= 15 is 0 Å². The maximum absolute atomic E-state index is 11.9. The molecule has 5 nitrogen and oxygen atoms in total. The molecule has 0 saturated heterocycles. The van der Waals surface area contributed by atoms with Crippen molar-refractivity contribution < 1.29 is 4.79 Å². The van der Waals surface area contributed by atoms with Crippen molar-refractivity contribution in [1.82, 2.24) is 15.5 Å². The molecule has 1 aromatic rings. The van der Waals surface area contributed by atoms with Crippen molar-refractivity contribution in [2.24, 2.45) is 4.99 Å². The zero-order valence-electron chi connectivity index (χ0n) is 15.1. The van der Waals surface area contributed by atoms with Gasteiger partial charge in [0.15, 0.2) is 5.96 Å². The summed E-state index contributed by atoms with van der Waals surface area (Å²) < 4.78 is 0. The molecule has 1 aromatic carbocycles. The number of hydrogen-bond donors (Lipinski definition) is 2. The Kier molecular flexibility index (Phi) is 7.09. The smallest absolute Gasteiger partial charge is 0.253 e. The van der Waals surface area contributed by atoms with Gasteiger partial charge in [0.1, 0.15) is 0 Å². The summed E-state index contributed by atoms with van der Waals surface area (Å²) in [4.78, 5) is 18.2. The van der Waals surface area contributed by atoms with Crippen LogP contribution in [-0.4, -0.2) is 43.4 Å². The summed E-state index contributed by atoms with van der Waals surface area (Å²) in [7, 11) is 3.53. The summed E-state index contributed by atoms with van der Waals surface area (Å²) in [6.45, 7) is 3.55. The summed E-state index contributed by atoms with van der Waals surface area (Å²) in [6, 6.07) is 8.23. The number of benzene rings is 1. The maximum Gasteiger partial charge on any atom is 0.253 e. The van der Waals surface area contributed by atoms with Crippen LogP contribution in [-0.2, 0) is 6.54 Å². The molecule has 24 heavy (non-hydrogen) atoms. The van der Waals surface area contributed by atoms with Crippen LogP contribution in [0.15, 0.2) is 29.3 Å². The minimum absolute atomic E-state index is 0.0253. The fraction of sp³-hybridized carbons (Fsp3) is 0.579. The third kappa shape index (κ3) is 5.55. The Balaban J connectivity index is 1.95. The average molecular weight is 330 g/mol. The molecule has 0 aliphatic heterocycles. The topological polar surface area (TPSA) is 56.7 Å². The van der Waals surface area contributed by atoms with Crippen LogP contribution in [0.2, 0.25) is 0 Å². The third-order valence-electron chi connectivity index (χ3n) is 4.32. The molecule has 1 aliphatic carbocycles. The summed E-state index contributed by atoms with van der Waals surface area (Å²) in [5.74, 6) is 0.912. The molecule has 1 aliphatic rings. The Morgan fingerprint density at radius 1 is 1.17 bits per heavy atom. The molecule has 0 aromatic heterocycles. The van der Waals surface area contributed by atoms with E-state index in [0.29, 0.717) is 18.2 Å². The summed E-state index contributed by atoms with van der Waals surface area (Å²) >= 11 is 0. The molecule has 5 heteroatoms. The number of guanidine groups is 1. The number of aliphatic imine (C=N–C) groups is 1. The first-order chi connectivity index (χ1) is 11.6. The largest absolute Gasteiger partial charge is 0.357 e. The van der Waals surface area contributed by atoms with E-state index in [2.05, 4.69) is 22.5 Å². The zero-order chi connectivity index (χ0) is 17.4. The molecular weight excluding hydrogens is 300 g/mol. The van der Waals surface area contributed by atoms with Crippen molar-refractivity contribution in [1.29, 1.82) is 0 Å². The second-order valence-corrected chi connectivity index (χ2v) is 6.57. The van der Waals surface area contributed by atoms with Crippen molar-refractivity contribution in [2.75, 3.05) is 20.6 Å². The zero-order valence-corrected chi connectivity index (χ0v) is 15.1. The van der Waals surface area contributed by atoms with Crippen LogP contribution in [0.25, 0.3) is 0 Å². The van der Waals surface area contributed by atoms with E-state index in [4.69, 9.17) is 0 Å². The minimum Gasteiger partial charge on any atom is -0.357 e. The van der Waals surface area contributed by atoms with Gasteiger partial charge in [-0.05, 0) is 37.5 Å². The lowest BCUT2D eigenvalue weighted by Gasteiger charge is -2.24. The molecule has 0 spiro atoms. The predicted octanol–water partition coefficient (Wildman–Crippen LogP) is 2.78. The van der Waals surface area contributed by atoms with Crippen LogP contribution < -0.4 is 10.6 Å². The van der Waals surface area contributed by atoms with Crippen molar-refractivity contribution in [2.45, 2.75) is 51.6 Å². The van der Waals surface area contributed by atoms with Crippen LogP contribution in [0.1, 0.15) is 54.9 Å². The van der Waals surface area contributed by atoms with Crippen molar-refractivity contribution in [3.8, 4) is 0 Å². The maximum atomic E-state index is 11.9. The highest BCUT2D eigenvalue weighted by Crippen LogP contribution is 2.17. The lowest BCUT2D eigenvalue weighted by atomic mass is 9.96. The fourth-order valence-corrected chi connectivity index (χ4v) is 2.94. The highest BCUT2D eigenvalue weighted by Gasteiger charge is 2.14. The highest BCUT2D eigenvalue weighted by molar-refractivity contribution is 5.93. The SMILES string of the molecule is CCNC(=NCc1ccc(C(=O)N(C)C)cc1)NC1CCCCC1. The molecule has 2 rings (SSSR count). The Labute approximate surface area is 145 Å². The summed E-state index contributed by atoms with van der Waals surface area (Å²) in [5.41, 5.74) is 1.81. The molecule has 1 amide bonds. The van der Waals surface area contributed by atoms with Gasteiger partial charge in [0.25, 0.3) is 5.91 Å². The second-order valence-electron chi connectivity index (χ2n) is 6.57. The van der Waals surface area contributed by atoms with Gasteiger partial charge in [0.05, 0.1) is 6.54 Å². The number of carbonyl (C=O) groups excluding carboxylic acids is 1. The molecular formula is C19H30N4O. The van der Waals surface area contributed by atoms with Crippen LogP contribution in [0.4, 0.5) is 0 Å². The number of nitrogens with one attached hydrogen (secondary N) is 2. The monoisotopic (exact) mass is 330 g/mol. The Morgan fingerprint density at radius 3 is 2.42 bits per heavy atom. The van der Waals surface area contributed by atoms with Crippen LogP contribution in [0, 0.1) is 0 Å². The molecule has 0 heterocycles. The van der Waals surface area contributed by atoms with Crippen LogP contribution in [0.3, 0.4) is 0 Å². The number of rotatable bonds is 5. The summed E-state index contributed by atoms with van der Waals surface area (Å²) in [5, 5.41) is 6.87. The summed E-state index contributed by atoms with van der Waals surface area (Å²) in [6.07, 6.45) is 6.41. The highest BCUT2D eigenvalue weighted by atomic mass is 16.2. The Morgan fingerprint density at radius 2 is 1.83 bits per heavy atom. The second kappa shape index (κ2) is 9.30. The van der Waals surface area contributed by atoms with Crippen molar-refractivity contribution >= 4 is 11.9 Å². The van der Waals surface area contributed by atoms with E-state index in [1.165, 1.54) is 32.1 Å². The van der Waals surface area contributed by atoms with E-state index in [0.717, 1.165) is 18.1 Å². The first-order valence-corrected chi connectivity index (χ1v) is 8.95. The third-order valence-corrected chi connectivity index (χ3v) is 4.32. The van der Waals surface area contributed by atoms with Gasteiger partial charge in [0.2, 0.25) is 0 Å². The molecule has 0 unspecified atom stereocenters. The van der Waals surface area contributed by atoms with Crippen LogP contribution >= 0.6 is 0 Å².